The molecule has 1 unspecified atom stereocenters. The molecule has 10 heteroatoms. The Morgan fingerprint density at radius 1 is 1.07 bits per heavy atom. The molecule has 1 fully saturated rings. The lowest BCUT2D eigenvalue weighted by Crippen LogP contribution is -2.66. The summed E-state index contributed by atoms with van der Waals surface area (Å²) in [6.45, 7) is 1.37. The summed E-state index contributed by atoms with van der Waals surface area (Å²) in [7, 11) is -4.12. The van der Waals surface area contributed by atoms with Gasteiger partial charge >= 0.3 is 5.97 Å². The summed E-state index contributed by atoms with van der Waals surface area (Å²) >= 11 is 0. The van der Waals surface area contributed by atoms with Crippen LogP contribution in [0.3, 0.4) is 0 Å². The first-order chi connectivity index (χ1) is 19.6. The number of esters is 1. The van der Waals surface area contributed by atoms with E-state index in [0.29, 0.717) is 11.3 Å². The van der Waals surface area contributed by atoms with E-state index < -0.39 is 39.8 Å². The van der Waals surface area contributed by atoms with Gasteiger partial charge in [0.05, 0.1) is 35.6 Å². The highest BCUT2D eigenvalue weighted by Crippen LogP contribution is 2.55. The van der Waals surface area contributed by atoms with Crippen molar-refractivity contribution in [2.75, 3.05) is 11.5 Å². The first-order valence-corrected chi connectivity index (χ1v) is 14.7. The van der Waals surface area contributed by atoms with Crippen molar-refractivity contribution < 1.29 is 32.0 Å². The number of piperidine rings is 1. The molecule has 0 spiro atoms. The quantitative estimate of drug-likeness (QED) is 0.300. The van der Waals surface area contributed by atoms with Crippen molar-refractivity contribution in [1.82, 2.24) is 0 Å². The highest BCUT2D eigenvalue weighted by molar-refractivity contribution is 7.86. The van der Waals surface area contributed by atoms with E-state index in [9.17, 15) is 28.4 Å². The third-order valence-electron chi connectivity index (χ3n) is 7.94. The van der Waals surface area contributed by atoms with Gasteiger partial charge in [-0.05, 0) is 42.7 Å². The molecule has 3 atom stereocenters. The maximum absolute atomic E-state index is 14.0. The summed E-state index contributed by atoms with van der Waals surface area (Å²) in [5.74, 6) is -1.06. The number of fused-ring (bicyclic) bond motifs is 3. The van der Waals surface area contributed by atoms with Crippen molar-refractivity contribution in [2.24, 2.45) is 0 Å². The molecule has 2 heterocycles. The van der Waals surface area contributed by atoms with E-state index in [0.717, 1.165) is 11.1 Å². The van der Waals surface area contributed by atoms with Gasteiger partial charge in [0.25, 0.3) is 10.1 Å². The van der Waals surface area contributed by atoms with Gasteiger partial charge in [-0.2, -0.15) is 13.7 Å². The zero-order chi connectivity index (χ0) is 29.3. The van der Waals surface area contributed by atoms with Crippen molar-refractivity contribution in [3.05, 3.63) is 95.6 Å². The first-order valence-electron chi connectivity index (χ1n) is 13.3. The van der Waals surface area contributed by atoms with E-state index in [2.05, 4.69) is 6.07 Å². The number of carbonyl (C=O) groups excluding carboxylic acids is 2. The van der Waals surface area contributed by atoms with Gasteiger partial charge in [-0.25, -0.2) is 0 Å². The van der Waals surface area contributed by atoms with Crippen LogP contribution in [-0.4, -0.2) is 43.7 Å². The molecule has 1 N–H and O–H groups in total. The number of nitriles is 1. The van der Waals surface area contributed by atoms with Gasteiger partial charge in [0.15, 0.2) is 0 Å². The molecule has 1 amide bonds. The van der Waals surface area contributed by atoms with Gasteiger partial charge in [0, 0.05) is 18.5 Å². The van der Waals surface area contributed by atoms with Crippen LogP contribution in [0.25, 0.3) is 0 Å². The molecule has 0 radical (unpaired) electrons. The number of aryl methyl sites for hydroxylation is 1. The molecule has 0 bridgehead atoms. The molecule has 0 saturated carbocycles. The number of hydrogen-bond acceptors (Lipinski definition) is 8. The maximum atomic E-state index is 14.0. The molecule has 9 nitrogen and oxygen atoms in total. The van der Waals surface area contributed by atoms with Crippen molar-refractivity contribution >= 4 is 27.7 Å². The van der Waals surface area contributed by atoms with E-state index in [1.807, 2.05) is 25.1 Å². The Hall–Kier alpha value is -4.04. The van der Waals surface area contributed by atoms with Gasteiger partial charge in [-0.1, -0.05) is 66.2 Å². The predicted molar refractivity (Wildman–Crippen MR) is 149 cm³/mol. The lowest BCUT2D eigenvalue weighted by Gasteiger charge is -2.48. The number of carbonyl (C=O) groups is 2. The summed E-state index contributed by atoms with van der Waals surface area (Å²) in [5, 5.41) is 22.1. The van der Waals surface area contributed by atoms with E-state index >= 15 is 0 Å². The minimum Gasteiger partial charge on any atom is -0.460 e. The number of aliphatic hydroxyl groups is 1. The second-order valence-electron chi connectivity index (χ2n) is 10.5. The molecule has 0 aliphatic carbocycles. The van der Waals surface area contributed by atoms with Gasteiger partial charge in [-0.15, -0.1) is 0 Å². The van der Waals surface area contributed by atoms with Gasteiger partial charge in [-0.3, -0.25) is 13.8 Å². The van der Waals surface area contributed by atoms with E-state index in [1.165, 1.54) is 17.0 Å². The zero-order valence-corrected chi connectivity index (χ0v) is 23.3. The Morgan fingerprint density at radius 2 is 1.76 bits per heavy atom. The summed E-state index contributed by atoms with van der Waals surface area (Å²) in [4.78, 5) is 28.7. The van der Waals surface area contributed by atoms with E-state index in [4.69, 9.17) is 8.92 Å². The molecule has 212 valence electrons. The molecule has 5 rings (SSSR count). The number of nitrogens with zero attached hydrogens (tertiary/aromatic N) is 2. The smallest absolute Gasteiger partial charge is 0.320 e. The van der Waals surface area contributed by atoms with Crippen LogP contribution >= 0.6 is 0 Å². The van der Waals surface area contributed by atoms with Crippen LogP contribution in [0.15, 0.2) is 83.8 Å². The van der Waals surface area contributed by atoms with Crippen molar-refractivity contribution in [3.63, 3.8) is 0 Å². The summed E-state index contributed by atoms with van der Waals surface area (Å²) < 4.78 is 36.7. The first kappa shape index (κ1) is 28.5. The normalized spacial score (nSPS) is 23.4. The predicted octanol–water partition coefficient (Wildman–Crippen LogP) is 3.93. The molecule has 3 aromatic carbocycles. The minimum atomic E-state index is -4.12. The largest absolute Gasteiger partial charge is 0.460 e. The van der Waals surface area contributed by atoms with Crippen LogP contribution in [0.2, 0.25) is 0 Å². The zero-order valence-electron chi connectivity index (χ0n) is 22.5. The number of benzene rings is 3. The average Bonchev–Trinajstić information content (AvgIpc) is 3.28. The third kappa shape index (κ3) is 5.12. The molecule has 2 aliphatic heterocycles. The van der Waals surface area contributed by atoms with E-state index in [1.54, 1.807) is 48.5 Å². The van der Waals surface area contributed by atoms with Crippen molar-refractivity contribution in [2.45, 2.75) is 61.2 Å². The third-order valence-corrected chi connectivity index (χ3v) is 9.26. The van der Waals surface area contributed by atoms with Crippen molar-refractivity contribution in [3.8, 4) is 6.07 Å². The second-order valence-corrected chi connectivity index (χ2v) is 12.1. The van der Waals surface area contributed by atoms with Gasteiger partial charge in [0.1, 0.15) is 12.0 Å². The molecular weight excluding hydrogens is 544 g/mol. The topological polar surface area (TPSA) is 134 Å². The van der Waals surface area contributed by atoms with E-state index in [-0.39, 0.29) is 43.1 Å². The Morgan fingerprint density at radius 3 is 2.46 bits per heavy atom. The molecule has 41 heavy (non-hydrogen) atoms. The number of anilines is 1. The molecule has 0 aromatic heterocycles. The lowest BCUT2D eigenvalue weighted by atomic mass is 9.65. The second kappa shape index (κ2) is 11.1. The van der Waals surface area contributed by atoms with Crippen LogP contribution in [0.1, 0.15) is 42.4 Å². The van der Waals surface area contributed by atoms with Crippen LogP contribution in [0, 0.1) is 18.3 Å². The molecule has 3 aromatic rings. The fourth-order valence-corrected chi connectivity index (χ4v) is 6.86. The van der Waals surface area contributed by atoms with Crippen LogP contribution in [0.4, 0.5) is 5.69 Å². The minimum absolute atomic E-state index is 0.0212. The molecule has 1 saturated heterocycles. The summed E-state index contributed by atoms with van der Waals surface area (Å²) in [6.07, 6.45) is -0.654. The number of para-hydroxylation sites is 1. The van der Waals surface area contributed by atoms with Gasteiger partial charge < -0.3 is 14.7 Å². The highest BCUT2D eigenvalue weighted by atomic mass is 32.2. The van der Waals surface area contributed by atoms with Crippen molar-refractivity contribution in [1.29, 1.82) is 5.26 Å². The number of amides is 1. The average molecular weight is 575 g/mol. The number of ether oxygens (including phenoxy) is 1. The Labute approximate surface area is 239 Å². The SMILES string of the molecule is Cc1ccc(S(=O)(=O)OCC[C@]2(O)CCC(=O)N3c4ccccc4[C@@](CC#N)(C(=O)OCc4ccccc4)C32)cc1. The lowest BCUT2D eigenvalue weighted by molar-refractivity contribution is -0.158. The van der Waals surface area contributed by atoms with Crippen LogP contribution in [0.5, 0.6) is 0 Å². The molecular formula is C31H30N2O7S. The fraction of sp³-hybridized carbons (Fsp3) is 0.323. The Bertz CT molecular complexity index is 1600. The van der Waals surface area contributed by atoms with Gasteiger partial charge in [0.2, 0.25) is 5.91 Å². The fourth-order valence-electron chi connectivity index (χ4n) is 5.95. The maximum Gasteiger partial charge on any atom is 0.320 e. The Kier molecular flexibility index (Phi) is 7.70. The number of hydrogen-bond donors (Lipinski definition) is 1. The monoisotopic (exact) mass is 574 g/mol. The standard InChI is InChI=1S/C31H30N2O7S/c1-22-11-13-24(14-12-22)41(37,38)40-20-18-30(36)16-15-27(34)33-26-10-6-5-9-25(26)31(17-19-32,28(30)33)29(35)39-21-23-7-3-2-4-8-23/h2-14,28,36H,15-18,20-21H2,1H3/t28?,30-,31-/m1/s1. The molecule has 2 aliphatic rings. The summed E-state index contributed by atoms with van der Waals surface area (Å²) in [5.41, 5.74) is -1.02. The van der Waals surface area contributed by atoms with Crippen LogP contribution < -0.4 is 4.90 Å². The van der Waals surface area contributed by atoms with Crippen LogP contribution in [-0.2, 0) is 40.6 Å². The number of rotatable bonds is 9. The highest BCUT2D eigenvalue weighted by Gasteiger charge is 2.66. The Balaban J connectivity index is 1.49. The summed E-state index contributed by atoms with van der Waals surface area (Å²) in [6, 6.07) is 22.9.